The van der Waals surface area contributed by atoms with Gasteiger partial charge in [0.25, 0.3) is 11.6 Å². The lowest BCUT2D eigenvalue weighted by molar-refractivity contribution is -0.384. The third-order valence-corrected chi connectivity index (χ3v) is 2.96. The third-order valence-electron chi connectivity index (χ3n) is 2.96. The van der Waals surface area contributed by atoms with Crippen molar-refractivity contribution in [2.75, 3.05) is 6.61 Å². The quantitative estimate of drug-likeness (QED) is 0.448. The van der Waals surface area contributed by atoms with Gasteiger partial charge in [-0.1, -0.05) is 18.2 Å². The SMILES string of the molecule is O=C(O)COc1ccccc1/C=N/NC(=O)c1cccc([N+](=O)[O-])c1. The van der Waals surface area contributed by atoms with Crippen LogP contribution in [0, 0.1) is 10.1 Å². The number of nitro benzene ring substituents is 1. The van der Waals surface area contributed by atoms with Crippen LogP contribution >= 0.6 is 0 Å². The number of hydrazone groups is 1. The fraction of sp³-hybridized carbons (Fsp3) is 0.0625. The van der Waals surface area contributed by atoms with E-state index in [-0.39, 0.29) is 11.3 Å². The first-order valence-corrected chi connectivity index (χ1v) is 6.99. The minimum absolute atomic E-state index is 0.0850. The molecule has 1 amide bonds. The van der Waals surface area contributed by atoms with Gasteiger partial charge in [-0.2, -0.15) is 5.10 Å². The molecule has 0 saturated heterocycles. The van der Waals surface area contributed by atoms with E-state index >= 15 is 0 Å². The molecule has 0 aliphatic rings. The largest absolute Gasteiger partial charge is 0.481 e. The van der Waals surface area contributed by atoms with E-state index in [1.165, 1.54) is 24.4 Å². The fourth-order valence-corrected chi connectivity index (χ4v) is 1.84. The molecule has 0 fully saturated rings. The highest BCUT2D eigenvalue weighted by molar-refractivity contribution is 5.95. The van der Waals surface area contributed by atoms with Crippen molar-refractivity contribution < 1.29 is 24.4 Å². The molecule has 0 spiro atoms. The van der Waals surface area contributed by atoms with Gasteiger partial charge in [-0.3, -0.25) is 14.9 Å². The van der Waals surface area contributed by atoms with Crippen molar-refractivity contribution in [3.05, 3.63) is 69.8 Å². The van der Waals surface area contributed by atoms with Gasteiger partial charge in [0.15, 0.2) is 6.61 Å². The van der Waals surface area contributed by atoms with E-state index in [0.29, 0.717) is 11.3 Å². The Labute approximate surface area is 141 Å². The Balaban J connectivity index is 2.06. The number of benzene rings is 2. The zero-order chi connectivity index (χ0) is 18.2. The lowest BCUT2D eigenvalue weighted by Crippen LogP contribution is -2.17. The van der Waals surface area contributed by atoms with E-state index in [4.69, 9.17) is 9.84 Å². The van der Waals surface area contributed by atoms with Crippen molar-refractivity contribution in [1.29, 1.82) is 0 Å². The predicted octanol–water partition coefficient (Wildman–Crippen LogP) is 1.82. The predicted molar refractivity (Wildman–Crippen MR) is 87.7 cm³/mol. The molecular formula is C16H13N3O6. The number of carbonyl (C=O) groups excluding carboxylic acids is 1. The average molecular weight is 343 g/mol. The van der Waals surface area contributed by atoms with Gasteiger partial charge in [-0.15, -0.1) is 0 Å². The highest BCUT2D eigenvalue weighted by atomic mass is 16.6. The molecule has 2 N–H and O–H groups in total. The van der Waals surface area contributed by atoms with Crippen molar-refractivity contribution in [2.45, 2.75) is 0 Å². The molecule has 128 valence electrons. The van der Waals surface area contributed by atoms with Crippen LogP contribution in [0.5, 0.6) is 5.75 Å². The number of nitrogens with zero attached hydrogens (tertiary/aromatic N) is 2. The van der Waals surface area contributed by atoms with Crippen LogP contribution in [-0.4, -0.2) is 34.7 Å². The van der Waals surface area contributed by atoms with Crippen LogP contribution in [-0.2, 0) is 4.79 Å². The zero-order valence-electron chi connectivity index (χ0n) is 12.8. The number of para-hydroxylation sites is 1. The monoisotopic (exact) mass is 343 g/mol. The van der Waals surface area contributed by atoms with Crippen LogP contribution in [0.15, 0.2) is 53.6 Å². The fourth-order valence-electron chi connectivity index (χ4n) is 1.84. The summed E-state index contributed by atoms with van der Waals surface area (Å²) >= 11 is 0. The van der Waals surface area contributed by atoms with Crippen molar-refractivity contribution in [1.82, 2.24) is 5.43 Å². The van der Waals surface area contributed by atoms with Crippen molar-refractivity contribution in [3.8, 4) is 5.75 Å². The summed E-state index contributed by atoms with van der Waals surface area (Å²) in [5, 5.41) is 23.1. The number of amides is 1. The summed E-state index contributed by atoms with van der Waals surface area (Å²) in [6.45, 7) is -0.509. The molecule has 0 aliphatic heterocycles. The Kier molecular flexibility index (Phi) is 5.77. The number of nitro groups is 1. The number of hydrogen-bond donors (Lipinski definition) is 2. The highest BCUT2D eigenvalue weighted by Crippen LogP contribution is 2.16. The van der Waals surface area contributed by atoms with Crippen LogP contribution in [0.3, 0.4) is 0 Å². The summed E-state index contributed by atoms with van der Waals surface area (Å²) in [4.78, 5) is 32.6. The summed E-state index contributed by atoms with van der Waals surface area (Å²) in [5.41, 5.74) is 2.58. The van der Waals surface area contributed by atoms with Gasteiger partial charge < -0.3 is 9.84 Å². The molecule has 0 heterocycles. The normalized spacial score (nSPS) is 10.4. The molecule has 0 saturated carbocycles. The maximum absolute atomic E-state index is 12.0. The van der Waals surface area contributed by atoms with E-state index < -0.39 is 23.4 Å². The van der Waals surface area contributed by atoms with Gasteiger partial charge >= 0.3 is 5.97 Å². The van der Waals surface area contributed by atoms with Gasteiger partial charge in [0.05, 0.1) is 11.1 Å². The first-order chi connectivity index (χ1) is 12.0. The first kappa shape index (κ1) is 17.6. The molecule has 0 bridgehead atoms. The average Bonchev–Trinajstić information content (AvgIpc) is 2.60. The van der Waals surface area contributed by atoms with Crippen molar-refractivity contribution in [2.24, 2.45) is 5.10 Å². The lowest BCUT2D eigenvalue weighted by atomic mass is 10.2. The Hall–Kier alpha value is -3.75. The maximum atomic E-state index is 12.0. The van der Waals surface area contributed by atoms with Crippen LogP contribution in [0.2, 0.25) is 0 Å². The minimum atomic E-state index is -1.12. The number of hydrogen-bond acceptors (Lipinski definition) is 6. The van der Waals surface area contributed by atoms with Gasteiger partial charge in [0.2, 0.25) is 0 Å². The summed E-state index contributed by atoms with van der Waals surface area (Å²) in [7, 11) is 0. The molecular weight excluding hydrogens is 330 g/mol. The second-order valence-electron chi connectivity index (χ2n) is 4.73. The smallest absolute Gasteiger partial charge is 0.341 e. The van der Waals surface area contributed by atoms with Crippen LogP contribution in [0.25, 0.3) is 0 Å². The van der Waals surface area contributed by atoms with Gasteiger partial charge in [-0.05, 0) is 18.2 Å². The van der Waals surface area contributed by atoms with E-state index in [1.54, 1.807) is 24.3 Å². The molecule has 25 heavy (non-hydrogen) atoms. The minimum Gasteiger partial charge on any atom is -0.481 e. The van der Waals surface area contributed by atoms with Gasteiger partial charge in [-0.25, -0.2) is 10.2 Å². The van der Waals surface area contributed by atoms with E-state index in [1.807, 2.05) is 0 Å². The van der Waals surface area contributed by atoms with Crippen LogP contribution < -0.4 is 10.2 Å². The van der Waals surface area contributed by atoms with E-state index in [9.17, 15) is 19.7 Å². The third kappa shape index (κ3) is 5.13. The van der Waals surface area contributed by atoms with Crippen molar-refractivity contribution in [3.63, 3.8) is 0 Å². The molecule has 9 heteroatoms. The number of carbonyl (C=O) groups is 2. The van der Waals surface area contributed by atoms with Crippen LogP contribution in [0.4, 0.5) is 5.69 Å². The van der Waals surface area contributed by atoms with Crippen molar-refractivity contribution >= 4 is 23.8 Å². The van der Waals surface area contributed by atoms with Crippen LogP contribution in [0.1, 0.15) is 15.9 Å². The first-order valence-electron chi connectivity index (χ1n) is 6.99. The molecule has 9 nitrogen and oxygen atoms in total. The van der Waals surface area contributed by atoms with E-state index in [0.717, 1.165) is 6.07 Å². The summed E-state index contributed by atoms with van der Waals surface area (Å²) in [6, 6.07) is 11.8. The second kappa shape index (κ2) is 8.20. The summed E-state index contributed by atoms with van der Waals surface area (Å²) in [6.07, 6.45) is 1.28. The number of non-ortho nitro benzene ring substituents is 1. The summed E-state index contributed by atoms with van der Waals surface area (Å²) in [5.74, 6) is -1.45. The van der Waals surface area contributed by atoms with Gasteiger partial charge in [0, 0.05) is 23.3 Å². The second-order valence-corrected chi connectivity index (χ2v) is 4.73. The molecule has 0 aliphatic carbocycles. The molecule has 0 atom stereocenters. The van der Waals surface area contributed by atoms with Gasteiger partial charge in [0.1, 0.15) is 5.75 Å². The molecule has 2 rings (SSSR count). The number of aliphatic carboxylic acids is 1. The zero-order valence-corrected chi connectivity index (χ0v) is 12.8. The highest BCUT2D eigenvalue weighted by Gasteiger charge is 2.10. The molecule has 0 radical (unpaired) electrons. The Morgan fingerprint density at radius 3 is 2.72 bits per heavy atom. The Bertz CT molecular complexity index is 834. The molecule has 0 unspecified atom stereocenters. The number of rotatable bonds is 7. The van der Waals surface area contributed by atoms with E-state index in [2.05, 4.69) is 10.5 Å². The summed E-state index contributed by atoms with van der Waals surface area (Å²) < 4.78 is 5.10. The standard InChI is InChI=1S/C16H13N3O6/c20-15(21)10-25-14-7-2-1-4-12(14)9-17-18-16(22)11-5-3-6-13(8-11)19(23)24/h1-9H,10H2,(H,18,22)(H,20,21)/b17-9+. The number of nitrogens with one attached hydrogen (secondary N) is 1. The Morgan fingerprint density at radius 1 is 1.24 bits per heavy atom. The Morgan fingerprint density at radius 2 is 2.00 bits per heavy atom. The molecule has 2 aromatic rings. The number of carboxylic acid groups (broad SMARTS) is 1. The maximum Gasteiger partial charge on any atom is 0.341 e. The molecule has 2 aromatic carbocycles. The number of carboxylic acids is 1. The molecule has 0 aromatic heterocycles. The number of ether oxygens (including phenoxy) is 1. The topological polar surface area (TPSA) is 131 Å². The lowest BCUT2D eigenvalue weighted by Gasteiger charge is -2.06.